The Labute approximate surface area is 143 Å². The zero-order chi connectivity index (χ0) is 16.3. The van der Waals surface area contributed by atoms with Gasteiger partial charge in [-0.05, 0) is 42.0 Å². The van der Waals surface area contributed by atoms with Crippen LogP contribution in [0.1, 0.15) is 18.3 Å². The Balaban J connectivity index is 1.95. The van der Waals surface area contributed by atoms with Crippen molar-refractivity contribution in [3.05, 3.63) is 47.7 Å². The highest BCUT2D eigenvalue weighted by Crippen LogP contribution is 2.23. The molecular formula is C14H16N4O2S3. The Hall–Kier alpha value is -1.42. The van der Waals surface area contributed by atoms with Crippen LogP contribution in [-0.4, -0.2) is 35.0 Å². The van der Waals surface area contributed by atoms with Crippen molar-refractivity contribution in [1.29, 1.82) is 0 Å². The van der Waals surface area contributed by atoms with E-state index < -0.39 is 16.1 Å². The third kappa shape index (κ3) is 3.57. The first-order valence-corrected chi connectivity index (χ1v) is 10.7. The molecule has 0 aliphatic carbocycles. The largest absolute Gasteiger partial charge is 0.285 e. The molecule has 3 heterocycles. The highest BCUT2D eigenvalue weighted by Gasteiger charge is 2.25. The molecule has 1 atom stereocenters. The minimum Gasteiger partial charge on any atom is -0.285 e. The molecule has 3 rings (SSSR count). The Morgan fingerprint density at radius 1 is 1.30 bits per heavy atom. The first kappa shape index (κ1) is 16.4. The molecule has 0 spiro atoms. The first-order valence-electron chi connectivity index (χ1n) is 6.96. The molecule has 1 N–H and O–H groups in total. The molecular weight excluding hydrogens is 352 g/mol. The normalized spacial score (nSPS) is 13.4. The number of thioether (sulfide) groups is 1. The van der Waals surface area contributed by atoms with E-state index in [9.17, 15) is 8.42 Å². The van der Waals surface area contributed by atoms with Gasteiger partial charge in [-0.2, -0.15) is 16.5 Å². The first-order chi connectivity index (χ1) is 11.1. The van der Waals surface area contributed by atoms with E-state index in [-0.39, 0.29) is 0 Å². The van der Waals surface area contributed by atoms with Gasteiger partial charge in [-0.25, -0.2) is 8.42 Å². The second-order valence-electron chi connectivity index (χ2n) is 4.87. The average Bonchev–Trinajstić information content (AvgIpc) is 3.21. The van der Waals surface area contributed by atoms with E-state index >= 15 is 0 Å². The summed E-state index contributed by atoms with van der Waals surface area (Å²) in [5.74, 6) is 1.43. The number of pyridine rings is 1. The van der Waals surface area contributed by atoms with Gasteiger partial charge in [0.1, 0.15) is 4.21 Å². The predicted octanol–water partition coefficient (Wildman–Crippen LogP) is 2.56. The lowest BCUT2D eigenvalue weighted by molar-refractivity contribution is 0.538. The number of sulfonamides is 1. The summed E-state index contributed by atoms with van der Waals surface area (Å²) in [7, 11) is -3.56. The zero-order valence-corrected chi connectivity index (χ0v) is 14.9. The van der Waals surface area contributed by atoms with Crippen LogP contribution in [0.15, 0.2) is 46.1 Å². The van der Waals surface area contributed by atoms with Gasteiger partial charge < -0.3 is 0 Å². The number of nitrogens with one attached hydrogen (secondary N) is 1. The number of fused-ring (bicyclic) bond motifs is 1. The SMILES string of the molecule is CSCC[C@H](NS(=O)(=O)c1cccs1)c1nnc2ccccn12. The summed E-state index contributed by atoms with van der Waals surface area (Å²) in [6.07, 6.45) is 4.48. The fourth-order valence-corrected chi connectivity index (χ4v) is 4.94. The van der Waals surface area contributed by atoms with Crippen molar-refractivity contribution in [3.63, 3.8) is 0 Å². The summed E-state index contributed by atoms with van der Waals surface area (Å²) < 4.78 is 30.0. The van der Waals surface area contributed by atoms with Crippen molar-refractivity contribution >= 4 is 38.8 Å². The lowest BCUT2D eigenvalue weighted by atomic mass is 10.2. The monoisotopic (exact) mass is 368 g/mol. The number of rotatable bonds is 7. The van der Waals surface area contributed by atoms with Crippen molar-refractivity contribution in [2.75, 3.05) is 12.0 Å². The molecule has 0 aromatic carbocycles. The molecule has 3 aromatic heterocycles. The minimum absolute atomic E-state index is 0.306. The predicted molar refractivity (Wildman–Crippen MR) is 93.4 cm³/mol. The van der Waals surface area contributed by atoms with E-state index in [0.29, 0.717) is 22.1 Å². The Kier molecular flexibility index (Phi) is 5.00. The summed E-state index contributed by atoms with van der Waals surface area (Å²) in [6, 6.07) is 8.49. The second-order valence-corrected chi connectivity index (χ2v) is 8.75. The summed E-state index contributed by atoms with van der Waals surface area (Å²) >= 11 is 2.86. The molecule has 0 unspecified atom stereocenters. The average molecular weight is 369 g/mol. The van der Waals surface area contributed by atoms with E-state index in [4.69, 9.17) is 0 Å². The van der Waals surface area contributed by atoms with Gasteiger partial charge in [0.15, 0.2) is 11.5 Å². The second kappa shape index (κ2) is 7.00. The van der Waals surface area contributed by atoms with Gasteiger partial charge >= 0.3 is 0 Å². The fourth-order valence-electron chi connectivity index (χ4n) is 2.24. The summed E-state index contributed by atoms with van der Waals surface area (Å²) in [5.41, 5.74) is 0.701. The van der Waals surface area contributed by atoms with Crippen LogP contribution in [-0.2, 0) is 10.0 Å². The summed E-state index contributed by atoms with van der Waals surface area (Å²) in [4.78, 5) is 0. The number of nitrogens with zero attached hydrogens (tertiary/aromatic N) is 3. The van der Waals surface area contributed by atoms with E-state index in [1.54, 1.807) is 29.3 Å². The molecule has 0 bridgehead atoms. The van der Waals surface area contributed by atoms with E-state index in [0.717, 1.165) is 5.75 Å². The molecule has 9 heteroatoms. The van der Waals surface area contributed by atoms with Gasteiger partial charge in [-0.3, -0.25) is 4.40 Å². The lowest BCUT2D eigenvalue weighted by Gasteiger charge is -2.16. The number of hydrogen-bond acceptors (Lipinski definition) is 6. The van der Waals surface area contributed by atoms with Gasteiger partial charge in [-0.1, -0.05) is 12.1 Å². The molecule has 0 aliphatic heterocycles. The third-order valence-corrected chi connectivity index (χ3v) is 6.83. The summed E-state index contributed by atoms with van der Waals surface area (Å²) in [5, 5.41) is 10.1. The van der Waals surface area contributed by atoms with Gasteiger partial charge in [0.2, 0.25) is 0 Å². The number of hydrogen-bond donors (Lipinski definition) is 1. The quantitative estimate of drug-likeness (QED) is 0.694. The maximum absolute atomic E-state index is 12.5. The minimum atomic E-state index is -3.56. The number of thiophene rings is 1. The van der Waals surface area contributed by atoms with E-state index in [1.807, 2.05) is 35.1 Å². The third-order valence-electron chi connectivity index (χ3n) is 3.32. The van der Waals surface area contributed by atoms with Gasteiger partial charge in [0.25, 0.3) is 10.0 Å². The Morgan fingerprint density at radius 2 is 2.17 bits per heavy atom. The number of aromatic nitrogens is 3. The Bertz CT molecular complexity index is 874. The molecule has 0 fully saturated rings. The van der Waals surface area contributed by atoms with Crippen LogP contribution in [0.3, 0.4) is 0 Å². The molecule has 122 valence electrons. The molecule has 0 amide bonds. The Morgan fingerprint density at radius 3 is 2.91 bits per heavy atom. The van der Waals surface area contributed by atoms with Crippen LogP contribution < -0.4 is 4.72 Å². The molecule has 0 saturated heterocycles. The topological polar surface area (TPSA) is 76.4 Å². The van der Waals surface area contributed by atoms with E-state index in [2.05, 4.69) is 14.9 Å². The van der Waals surface area contributed by atoms with Gasteiger partial charge in [0.05, 0.1) is 6.04 Å². The van der Waals surface area contributed by atoms with Crippen molar-refractivity contribution in [1.82, 2.24) is 19.3 Å². The molecule has 3 aromatic rings. The van der Waals surface area contributed by atoms with Gasteiger partial charge in [0, 0.05) is 6.20 Å². The maximum Gasteiger partial charge on any atom is 0.250 e. The molecule has 0 saturated carbocycles. The van der Waals surface area contributed by atoms with Crippen LogP contribution in [0.25, 0.3) is 5.65 Å². The van der Waals surface area contributed by atoms with Crippen molar-refractivity contribution in [2.45, 2.75) is 16.7 Å². The zero-order valence-electron chi connectivity index (χ0n) is 12.4. The van der Waals surface area contributed by atoms with Crippen LogP contribution in [0, 0.1) is 0 Å². The molecule has 0 aliphatic rings. The molecule has 0 radical (unpaired) electrons. The lowest BCUT2D eigenvalue weighted by Crippen LogP contribution is -2.30. The fraction of sp³-hybridized carbons (Fsp3) is 0.286. The van der Waals surface area contributed by atoms with Gasteiger partial charge in [-0.15, -0.1) is 21.5 Å². The van der Waals surface area contributed by atoms with E-state index in [1.165, 1.54) is 11.3 Å². The highest BCUT2D eigenvalue weighted by molar-refractivity contribution is 7.98. The van der Waals surface area contributed by atoms with Crippen LogP contribution in [0.5, 0.6) is 0 Å². The van der Waals surface area contributed by atoms with Crippen molar-refractivity contribution in [2.24, 2.45) is 0 Å². The molecule has 23 heavy (non-hydrogen) atoms. The van der Waals surface area contributed by atoms with Crippen LogP contribution in [0.2, 0.25) is 0 Å². The van der Waals surface area contributed by atoms with Crippen molar-refractivity contribution < 1.29 is 8.42 Å². The highest BCUT2D eigenvalue weighted by atomic mass is 32.2. The maximum atomic E-state index is 12.5. The van der Waals surface area contributed by atoms with Crippen LogP contribution in [0.4, 0.5) is 0 Å². The van der Waals surface area contributed by atoms with Crippen LogP contribution >= 0.6 is 23.1 Å². The standard InChI is InChI=1S/C14H16N4O2S3/c1-21-10-7-11(17-23(19,20)13-6-4-9-22-13)14-16-15-12-5-2-3-8-18(12)14/h2-6,8-9,11,17H,7,10H2,1H3/t11-/m0/s1. The summed E-state index contributed by atoms with van der Waals surface area (Å²) in [6.45, 7) is 0. The smallest absolute Gasteiger partial charge is 0.250 e. The van der Waals surface area contributed by atoms with Crippen molar-refractivity contribution in [3.8, 4) is 0 Å². The molecule has 6 nitrogen and oxygen atoms in total.